The molecule has 0 saturated carbocycles. The van der Waals surface area contributed by atoms with Crippen molar-refractivity contribution in [3.63, 3.8) is 0 Å². The lowest BCUT2D eigenvalue weighted by molar-refractivity contribution is 0.398. The number of rotatable bonds is 4. The van der Waals surface area contributed by atoms with Gasteiger partial charge in [0.2, 0.25) is 10.0 Å². The zero-order valence-electron chi connectivity index (χ0n) is 10.3. The first-order chi connectivity index (χ1) is 9.00. The summed E-state index contributed by atoms with van der Waals surface area (Å²) in [5.41, 5.74) is 0. The zero-order valence-corrected chi connectivity index (χ0v) is 12.7. The van der Waals surface area contributed by atoms with E-state index in [4.69, 9.17) is 0 Å². The Morgan fingerprint density at radius 2 is 2.21 bits per heavy atom. The third-order valence-corrected chi connectivity index (χ3v) is 5.54. The lowest BCUT2D eigenvalue weighted by atomic mass is 10.1. The molecule has 2 N–H and O–H groups in total. The van der Waals surface area contributed by atoms with Crippen LogP contribution in [0.3, 0.4) is 0 Å². The molecule has 7 heteroatoms. The number of sulfonamides is 1. The van der Waals surface area contributed by atoms with Crippen molar-refractivity contribution in [2.75, 3.05) is 13.1 Å². The van der Waals surface area contributed by atoms with Gasteiger partial charge in [-0.2, -0.15) is 0 Å². The van der Waals surface area contributed by atoms with Crippen LogP contribution in [0, 0.1) is 5.82 Å². The number of halogens is 2. The summed E-state index contributed by atoms with van der Waals surface area (Å²) in [6.45, 7) is 1.18. The molecule has 0 aromatic heterocycles. The van der Waals surface area contributed by atoms with E-state index in [2.05, 4.69) is 26.0 Å². The Hall–Kier alpha value is -0.500. The second kappa shape index (κ2) is 6.30. The summed E-state index contributed by atoms with van der Waals surface area (Å²) in [4.78, 5) is -0.328. The Bertz CT molecular complexity index is 524. The van der Waals surface area contributed by atoms with Gasteiger partial charge in [0.25, 0.3) is 0 Å². The third kappa shape index (κ3) is 3.75. The van der Waals surface area contributed by atoms with Gasteiger partial charge in [-0.25, -0.2) is 17.5 Å². The van der Waals surface area contributed by atoms with Crippen LogP contribution in [0.1, 0.15) is 19.3 Å². The minimum absolute atomic E-state index is 0.120. The van der Waals surface area contributed by atoms with E-state index in [0.29, 0.717) is 0 Å². The Morgan fingerprint density at radius 1 is 1.42 bits per heavy atom. The first-order valence-electron chi connectivity index (χ1n) is 6.18. The molecular weight excluding hydrogens is 335 g/mol. The van der Waals surface area contributed by atoms with Gasteiger partial charge in [-0.15, -0.1) is 0 Å². The Labute approximate surface area is 121 Å². The summed E-state index contributed by atoms with van der Waals surface area (Å²) < 4.78 is 40.6. The Morgan fingerprint density at radius 3 is 2.84 bits per heavy atom. The molecule has 1 aromatic rings. The number of piperidine rings is 1. The van der Waals surface area contributed by atoms with E-state index in [9.17, 15) is 12.8 Å². The van der Waals surface area contributed by atoms with E-state index >= 15 is 0 Å². The monoisotopic (exact) mass is 350 g/mol. The van der Waals surface area contributed by atoms with Crippen molar-refractivity contribution in [2.24, 2.45) is 0 Å². The molecule has 4 nitrogen and oxygen atoms in total. The van der Waals surface area contributed by atoms with Crippen molar-refractivity contribution in [3.8, 4) is 0 Å². The molecule has 1 aliphatic heterocycles. The number of hydrogen-bond donors (Lipinski definition) is 2. The predicted octanol–water partition coefficient (Wildman–Crippen LogP) is 2.01. The summed E-state index contributed by atoms with van der Waals surface area (Å²) in [5.74, 6) is -0.751. The Kier molecular flexibility index (Phi) is 4.94. The van der Waals surface area contributed by atoms with Gasteiger partial charge in [0.05, 0.1) is 0 Å². The largest absolute Gasteiger partial charge is 0.313 e. The fraction of sp³-hybridized carbons (Fsp3) is 0.500. The highest BCUT2D eigenvalue weighted by atomic mass is 79.9. The highest BCUT2D eigenvalue weighted by Crippen LogP contribution is 2.24. The molecule has 1 heterocycles. The van der Waals surface area contributed by atoms with E-state index in [0.717, 1.165) is 31.9 Å². The van der Waals surface area contributed by atoms with Crippen molar-refractivity contribution in [1.82, 2.24) is 10.0 Å². The summed E-state index contributed by atoms with van der Waals surface area (Å²) in [5, 5.41) is 3.24. The van der Waals surface area contributed by atoms with Gasteiger partial charge in [0, 0.05) is 17.1 Å². The minimum Gasteiger partial charge on any atom is -0.313 e. The SMILES string of the molecule is O=S(=O)(NCC1CCCCN1)c1c(F)cccc1Br. The molecular formula is C12H16BrFN2O2S. The maximum absolute atomic E-state index is 13.6. The molecule has 0 aliphatic carbocycles. The molecule has 2 rings (SSSR count). The van der Waals surface area contributed by atoms with Gasteiger partial charge >= 0.3 is 0 Å². The molecule has 1 saturated heterocycles. The van der Waals surface area contributed by atoms with E-state index in [1.807, 2.05) is 0 Å². The lowest BCUT2D eigenvalue weighted by Crippen LogP contribution is -2.43. The van der Waals surface area contributed by atoms with Crippen LogP contribution in [0.5, 0.6) is 0 Å². The van der Waals surface area contributed by atoms with E-state index in [-0.39, 0.29) is 22.0 Å². The molecule has 1 atom stereocenters. The number of nitrogens with one attached hydrogen (secondary N) is 2. The number of benzene rings is 1. The minimum atomic E-state index is -3.83. The van der Waals surface area contributed by atoms with E-state index in [1.165, 1.54) is 12.1 Å². The summed E-state index contributed by atoms with van der Waals surface area (Å²) >= 11 is 3.07. The van der Waals surface area contributed by atoms with Crippen LogP contribution in [0.4, 0.5) is 4.39 Å². The topological polar surface area (TPSA) is 58.2 Å². The van der Waals surface area contributed by atoms with E-state index in [1.54, 1.807) is 0 Å². The third-order valence-electron chi connectivity index (χ3n) is 3.12. The fourth-order valence-electron chi connectivity index (χ4n) is 2.12. The molecule has 0 amide bonds. The first kappa shape index (κ1) is 14.9. The molecule has 106 valence electrons. The van der Waals surface area contributed by atoms with Gasteiger partial charge in [-0.1, -0.05) is 12.5 Å². The number of hydrogen-bond acceptors (Lipinski definition) is 3. The second-order valence-electron chi connectivity index (χ2n) is 4.55. The van der Waals surface area contributed by atoms with Crippen molar-refractivity contribution in [2.45, 2.75) is 30.2 Å². The van der Waals surface area contributed by atoms with Gasteiger partial charge in [0.1, 0.15) is 10.7 Å². The van der Waals surface area contributed by atoms with Crippen molar-refractivity contribution in [1.29, 1.82) is 0 Å². The Balaban J connectivity index is 2.09. The fourth-order valence-corrected chi connectivity index (χ4v) is 4.32. The average Bonchev–Trinajstić information content (AvgIpc) is 2.37. The predicted molar refractivity (Wildman–Crippen MR) is 74.9 cm³/mol. The summed E-state index contributed by atoms with van der Waals surface area (Å²) in [6, 6.07) is 4.23. The van der Waals surface area contributed by atoms with Crippen LogP contribution in [-0.2, 0) is 10.0 Å². The molecule has 1 unspecified atom stereocenters. The summed E-state index contributed by atoms with van der Waals surface area (Å²) in [6.07, 6.45) is 3.13. The van der Waals surface area contributed by atoms with Gasteiger partial charge < -0.3 is 5.32 Å². The highest BCUT2D eigenvalue weighted by molar-refractivity contribution is 9.10. The van der Waals surface area contributed by atoms with Crippen LogP contribution in [-0.4, -0.2) is 27.5 Å². The second-order valence-corrected chi connectivity index (χ2v) is 7.11. The maximum Gasteiger partial charge on any atom is 0.244 e. The smallest absolute Gasteiger partial charge is 0.244 e. The molecule has 0 spiro atoms. The zero-order chi connectivity index (χ0) is 13.9. The maximum atomic E-state index is 13.6. The van der Waals surface area contributed by atoms with Crippen LogP contribution in [0.25, 0.3) is 0 Å². The van der Waals surface area contributed by atoms with Gasteiger partial charge in [-0.05, 0) is 47.4 Å². The quantitative estimate of drug-likeness (QED) is 0.873. The molecule has 1 aromatic carbocycles. The van der Waals surface area contributed by atoms with Crippen LogP contribution in [0.2, 0.25) is 0 Å². The van der Waals surface area contributed by atoms with Crippen LogP contribution in [0.15, 0.2) is 27.6 Å². The summed E-state index contributed by atoms with van der Waals surface area (Å²) in [7, 11) is -3.83. The van der Waals surface area contributed by atoms with Crippen molar-refractivity contribution < 1.29 is 12.8 Å². The molecule has 0 bridgehead atoms. The molecule has 1 aliphatic rings. The van der Waals surface area contributed by atoms with Crippen molar-refractivity contribution in [3.05, 3.63) is 28.5 Å². The molecule has 1 fully saturated rings. The van der Waals surface area contributed by atoms with E-state index < -0.39 is 15.8 Å². The highest BCUT2D eigenvalue weighted by Gasteiger charge is 2.23. The first-order valence-corrected chi connectivity index (χ1v) is 8.45. The standard InChI is InChI=1S/C12H16BrFN2O2S/c13-10-5-3-6-11(14)12(10)19(17,18)16-8-9-4-1-2-7-15-9/h3,5-6,9,15-16H,1-2,4,7-8H2. The lowest BCUT2D eigenvalue weighted by Gasteiger charge is -2.23. The van der Waals surface area contributed by atoms with Crippen molar-refractivity contribution >= 4 is 26.0 Å². The van der Waals surface area contributed by atoms with Crippen LogP contribution >= 0.6 is 15.9 Å². The van der Waals surface area contributed by atoms with Crippen LogP contribution < -0.4 is 10.0 Å². The average molecular weight is 351 g/mol. The van der Waals surface area contributed by atoms with Gasteiger partial charge in [0.15, 0.2) is 0 Å². The normalized spacial score (nSPS) is 20.4. The van der Waals surface area contributed by atoms with Gasteiger partial charge in [-0.3, -0.25) is 0 Å². The molecule has 0 radical (unpaired) electrons. The molecule has 19 heavy (non-hydrogen) atoms.